The molecule has 1 aliphatic rings. The highest BCUT2D eigenvalue weighted by Gasteiger charge is 2.40. The third-order valence-electron chi connectivity index (χ3n) is 3.92. The topological polar surface area (TPSA) is 78.6 Å². The molecular weight excluding hydrogens is 282 g/mol. The molecule has 1 rings (SSSR count). The molecule has 0 heterocycles. The van der Waals surface area contributed by atoms with Crippen molar-refractivity contribution in [1.29, 1.82) is 0 Å². The van der Waals surface area contributed by atoms with E-state index in [4.69, 9.17) is 15.2 Å². The third kappa shape index (κ3) is 3.14. The van der Waals surface area contributed by atoms with Crippen LogP contribution >= 0.6 is 0 Å². The van der Waals surface area contributed by atoms with Crippen LogP contribution in [0, 0.1) is 5.41 Å². The van der Waals surface area contributed by atoms with Crippen LogP contribution in [0.15, 0.2) is 34.3 Å². The number of rotatable bonds is 5. The van der Waals surface area contributed by atoms with Gasteiger partial charge in [-0.3, -0.25) is 9.59 Å². The van der Waals surface area contributed by atoms with Crippen molar-refractivity contribution in [3.05, 3.63) is 34.3 Å². The number of allylic oxidation sites excluding steroid dienone is 3. The van der Waals surface area contributed by atoms with Gasteiger partial charge in [0.15, 0.2) is 0 Å². The highest BCUT2D eigenvalue weighted by atomic mass is 16.5. The number of nitrogens with two attached hydrogens (primary N) is 1. The van der Waals surface area contributed by atoms with Gasteiger partial charge in [0.1, 0.15) is 0 Å². The van der Waals surface area contributed by atoms with Gasteiger partial charge < -0.3 is 15.2 Å². The maximum Gasteiger partial charge on any atom is 0.228 e. The van der Waals surface area contributed by atoms with Gasteiger partial charge in [0, 0.05) is 22.6 Å². The lowest BCUT2D eigenvalue weighted by Gasteiger charge is -2.30. The van der Waals surface area contributed by atoms with E-state index in [1.165, 1.54) is 14.2 Å². The fourth-order valence-corrected chi connectivity index (χ4v) is 2.69. The first kappa shape index (κ1) is 18.2. The molecule has 5 nitrogen and oxygen atoms in total. The largest absolute Gasteiger partial charge is 0.489 e. The molecular formula is C17H25NO4. The molecule has 0 amide bonds. The number of carbonyl (C=O) groups excluding carboxylic acids is 2. The first-order chi connectivity index (χ1) is 10.1. The molecule has 2 N–H and O–H groups in total. The summed E-state index contributed by atoms with van der Waals surface area (Å²) in [6.45, 7) is 9.19. The van der Waals surface area contributed by atoms with Gasteiger partial charge in [-0.25, -0.2) is 0 Å². The quantitative estimate of drug-likeness (QED) is 0.622. The summed E-state index contributed by atoms with van der Waals surface area (Å²) in [5.41, 5.74) is 6.97. The standard InChI is InChI=1S/C17H25NO4/c1-9(11(3)18)8-17(4,5)12-10(2)13(19)15(21-6)16(22-7)14(12)20/h8,11H,18H2,1-7H3/b9-8+. The van der Waals surface area contributed by atoms with E-state index in [1.807, 2.05) is 33.8 Å². The van der Waals surface area contributed by atoms with Crippen molar-refractivity contribution < 1.29 is 19.1 Å². The van der Waals surface area contributed by atoms with Gasteiger partial charge >= 0.3 is 0 Å². The van der Waals surface area contributed by atoms with Crippen molar-refractivity contribution >= 4 is 11.6 Å². The molecule has 5 heteroatoms. The van der Waals surface area contributed by atoms with Crippen LogP contribution in [0.25, 0.3) is 0 Å². The second-order valence-electron chi connectivity index (χ2n) is 6.12. The number of hydrogen-bond acceptors (Lipinski definition) is 5. The molecule has 0 aliphatic heterocycles. The Kier molecular flexibility index (Phi) is 5.35. The minimum atomic E-state index is -0.641. The molecule has 0 radical (unpaired) electrons. The summed E-state index contributed by atoms with van der Waals surface area (Å²) in [4.78, 5) is 25.2. The predicted octanol–water partition coefficient (Wildman–Crippen LogP) is 2.28. The van der Waals surface area contributed by atoms with E-state index in [0.717, 1.165) is 5.57 Å². The Balaban J connectivity index is 3.48. The average molecular weight is 307 g/mol. The fourth-order valence-electron chi connectivity index (χ4n) is 2.69. The lowest BCUT2D eigenvalue weighted by molar-refractivity contribution is -0.121. The van der Waals surface area contributed by atoms with Crippen LogP contribution in [0.4, 0.5) is 0 Å². The summed E-state index contributed by atoms with van der Waals surface area (Å²) in [7, 11) is 2.71. The molecule has 0 saturated carbocycles. The normalized spacial score (nSPS) is 18.8. The minimum absolute atomic E-state index is 0.0440. The molecule has 0 aromatic rings. The Morgan fingerprint density at radius 3 is 2.00 bits per heavy atom. The molecule has 1 aliphatic carbocycles. The molecule has 1 atom stereocenters. The van der Waals surface area contributed by atoms with Gasteiger partial charge in [0.2, 0.25) is 23.1 Å². The van der Waals surface area contributed by atoms with E-state index in [-0.39, 0.29) is 29.1 Å². The van der Waals surface area contributed by atoms with Crippen molar-refractivity contribution in [3.8, 4) is 0 Å². The first-order valence-corrected chi connectivity index (χ1v) is 7.16. The van der Waals surface area contributed by atoms with Gasteiger partial charge in [-0.1, -0.05) is 25.5 Å². The van der Waals surface area contributed by atoms with Crippen molar-refractivity contribution in [2.75, 3.05) is 14.2 Å². The number of ketones is 2. The van der Waals surface area contributed by atoms with Crippen LogP contribution in [0.3, 0.4) is 0 Å². The summed E-state index contributed by atoms with van der Waals surface area (Å²) < 4.78 is 10.2. The second kappa shape index (κ2) is 6.48. The van der Waals surface area contributed by atoms with Gasteiger partial charge in [0.05, 0.1) is 14.2 Å². The molecule has 0 fully saturated rings. The molecule has 0 spiro atoms. The van der Waals surface area contributed by atoms with E-state index < -0.39 is 5.41 Å². The van der Waals surface area contributed by atoms with E-state index in [0.29, 0.717) is 11.1 Å². The summed E-state index contributed by atoms with van der Waals surface area (Å²) >= 11 is 0. The zero-order chi connectivity index (χ0) is 17.2. The third-order valence-corrected chi connectivity index (χ3v) is 3.92. The lowest BCUT2D eigenvalue weighted by atomic mass is 9.74. The Hall–Kier alpha value is -1.88. The number of methoxy groups -OCH3 is 2. The molecule has 122 valence electrons. The maximum atomic E-state index is 12.7. The van der Waals surface area contributed by atoms with Crippen LogP contribution in [0.5, 0.6) is 0 Å². The fraction of sp³-hybridized carbons (Fsp3) is 0.529. The van der Waals surface area contributed by atoms with Crippen molar-refractivity contribution in [2.45, 2.75) is 40.7 Å². The van der Waals surface area contributed by atoms with E-state index in [2.05, 4.69) is 0 Å². The summed E-state index contributed by atoms with van der Waals surface area (Å²) in [5.74, 6) is -0.741. The summed E-state index contributed by atoms with van der Waals surface area (Å²) in [6, 6.07) is -0.124. The highest BCUT2D eigenvalue weighted by Crippen LogP contribution is 2.38. The van der Waals surface area contributed by atoms with Crippen LogP contribution in [0.2, 0.25) is 0 Å². The minimum Gasteiger partial charge on any atom is -0.489 e. The number of hydrogen-bond donors (Lipinski definition) is 1. The second-order valence-corrected chi connectivity index (χ2v) is 6.12. The number of carbonyl (C=O) groups is 2. The highest BCUT2D eigenvalue weighted by molar-refractivity contribution is 6.24. The molecule has 0 bridgehead atoms. The van der Waals surface area contributed by atoms with Crippen LogP contribution < -0.4 is 5.73 Å². The first-order valence-electron chi connectivity index (χ1n) is 7.16. The van der Waals surface area contributed by atoms with Gasteiger partial charge in [-0.05, 0) is 20.8 Å². The van der Waals surface area contributed by atoms with E-state index >= 15 is 0 Å². The summed E-state index contributed by atoms with van der Waals surface area (Å²) in [6.07, 6.45) is 1.92. The Morgan fingerprint density at radius 1 is 1.14 bits per heavy atom. The average Bonchev–Trinajstić information content (AvgIpc) is 2.41. The van der Waals surface area contributed by atoms with Gasteiger partial charge in [0.25, 0.3) is 0 Å². The predicted molar refractivity (Wildman–Crippen MR) is 84.9 cm³/mol. The number of ether oxygens (including phenoxy) is 2. The molecule has 1 unspecified atom stereocenters. The van der Waals surface area contributed by atoms with Crippen LogP contribution in [0.1, 0.15) is 34.6 Å². The Morgan fingerprint density at radius 2 is 1.59 bits per heavy atom. The zero-order valence-corrected chi connectivity index (χ0v) is 14.4. The van der Waals surface area contributed by atoms with Crippen LogP contribution in [-0.4, -0.2) is 31.8 Å². The monoisotopic (exact) mass is 307 g/mol. The zero-order valence-electron chi connectivity index (χ0n) is 14.4. The van der Waals surface area contributed by atoms with Gasteiger partial charge in [-0.2, -0.15) is 0 Å². The smallest absolute Gasteiger partial charge is 0.228 e. The lowest BCUT2D eigenvalue weighted by Crippen LogP contribution is -2.32. The Labute approximate surface area is 131 Å². The Bertz CT molecular complexity index is 592. The maximum absolute atomic E-state index is 12.7. The van der Waals surface area contributed by atoms with E-state index in [9.17, 15) is 9.59 Å². The molecule has 0 saturated heterocycles. The van der Waals surface area contributed by atoms with Crippen molar-refractivity contribution in [2.24, 2.45) is 11.1 Å². The van der Waals surface area contributed by atoms with Crippen molar-refractivity contribution in [1.82, 2.24) is 0 Å². The molecule has 0 aromatic carbocycles. The summed E-state index contributed by atoms with van der Waals surface area (Å²) in [5, 5.41) is 0. The van der Waals surface area contributed by atoms with Crippen LogP contribution in [-0.2, 0) is 19.1 Å². The SMILES string of the molecule is COC1=C(OC)C(=O)C(C(C)(C)/C=C(\C)C(C)N)=C(C)C1=O. The number of Topliss-reactive ketones (excluding diaryl/α,β-unsaturated/α-hetero) is 2. The van der Waals surface area contributed by atoms with E-state index in [1.54, 1.807) is 6.92 Å². The van der Waals surface area contributed by atoms with Gasteiger partial charge in [-0.15, -0.1) is 0 Å². The molecule has 22 heavy (non-hydrogen) atoms. The van der Waals surface area contributed by atoms with Crippen molar-refractivity contribution in [3.63, 3.8) is 0 Å². The molecule has 0 aromatic heterocycles.